The topological polar surface area (TPSA) is 65.5 Å². The molecule has 6 heteroatoms. The number of methoxy groups -OCH3 is 1. The summed E-state index contributed by atoms with van der Waals surface area (Å²) >= 11 is 0. The van der Waals surface area contributed by atoms with Crippen LogP contribution in [0.1, 0.15) is 20.8 Å². The zero-order valence-corrected chi connectivity index (χ0v) is 16.7. The van der Waals surface area contributed by atoms with Crippen molar-refractivity contribution in [2.75, 3.05) is 13.7 Å². The Morgan fingerprint density at radius 3 is 2.32 bits per heavy atom. The molecule has 0 aliphatic carbocycles. The minimum absolute atomic E-state index is 0.0104. The number of esters is 1. The van der Waals surface area contributed by atoms with Crippen molar-refractivity contribution in [3.8, 4) is 16.9 Å². The van der Waals surface area contributed by atoms with Crippen LogP contribution in [0.4, 0.5) is 4.39 Å². The van der Waals surface area contributed by atoms with Crippen LogP contribution in [-0.2, 0) is 4.74 Å². The van der Waals surface area contributed by atoms with Gasteiger partial charge in [0, 0.05) is 17.0 Å². The number of hydrogen-bond donors (Lipinski definition) is 0. The van der Waals surface area contributed by atoms with Crippen LogP contribution >= 0.6 is 0 Å². The number of ketones is 1. The molecule has 1 aromatic heterocycles. The minimum atomic E-state index is -0.654. The molecule has 0 aliphatic rings. The van der Waals surface area contributed by atoms with Crippen LogP contribution in [0.5, 0.6) is 5.75 Å². The molecule has 3 aromatic carbocycles. The highest BCUT2D eigenvalue weighted by atomic mass is 19.1. The van der Waals surface area contributed by atoms with Gasteiger partial charge in [0.2, 0.25) is 0 Å². The molecule has 4 rings (SSSR count). The van der Waals surface area contributed by atoms with Crippen molar-refractivity contribution in [1.29, 1.82) is 0 Å². The van der Waals surface area contributed by atoms with Gasteiger partial charge < -0.3 is 9.47 Å². The number of aromatic nitrogens is 1. The zero-order chi connectivity index (χ0) is 21.8. The summed E-state index contributed by atoms with van der Waals surface area (Å²) in [7, 11) is 1.24. The summed E-state index contributed by atoms with van der Waals surface area (Å²) in [6, 6.07) is 22.3. The monoisotopic (exact) mass is 415 g/mol. The van der Waals surface area contributed by atoms with Crippen molar-refractivity contribution >= 4 is 22.7 Å². The van der Waals surface area contributed by atoms with Crippen LogP contribution in [0.3, 0.4) is 0 Å². The first kappa shape index (κ1) is 20.2. The number of Topliss-reactive ketones (excluding diaryl/α,β-unsaturated/α-hetero) is 1. The summed E-state index contributed by atoms with van der Waals surface area (Å²) in [4.78, 5) is 28.7. The number of ether oxygens (including phenoxy) is 2. The second-order valence-electron chi connectivity index (χ2n) is 6.81. The van der Waals surface area contributed by atoms with Gasteiger partial charge in [-0.1, -0.05) is 54.6 Å². The number of hydrogen-bond acceptors (Lipinski definition) is 5. The summed E-state index contributed by atoms with van der Waals surface area (Å²) in [6.45, 7) is -0.277. The molecular formula is C25H18FNO4. The fourth-order valence-corrected chi connectivity index (χ4v) is 3.20. The Labute approximate surface area is 178 Å². The van der Waals surface area contributed by atoms with E-state index in [9.17, 15) is 14.0 Å². The molecule has 1 heterocycles. The van der Waals surface area contributed by atoms with Crippen LogP contribution in [0.15, 0.2) is 78.9 Å². The molecule has 0 saturated heterocycles. The first-order chi connectivity index (χ1) is 15.0. The lowest BCUT2D eigenvalue weighted by Crippen LogP contribution is -2.13. The van der Waals surface area contributed by atoms with Gasteiger partial charge in [-0.25, -0.2) is 14.2 Å². The first-order valence-electron chi connectivity index (χ1n) is 9.55. The fourth-order valence-electron chi connectivity index (χ4n) is 3.20. The maximum Gasteiger partial charge on any atom is 0.356 e. The molecule has 154 valence electrons. The highest BCUT2D eigenvalue weighted by Gasteiger charge is 2.15. The van der Waals surface area contributed by atoms with Crippen molar-refractivity contribution in [2.45, 2.75) is 0 Å². The molecule has 0 amide bonds. The predicted molar refractivity (Wildman–Crippen MR) is 115 cm³/mol. The summed E-state index contributed by atoms with van der Waals surface area (Å²) in [5, 5.41) is 0.361. The number of nitrogens with zero attached hydrogens (tertiary/aromatic N) is 1. The van der Waals surface area contributed by atoms with E-state index in [4.69, 9.17) is 9.47 Å². The smallest absolute Gasteiger partial charge is 0.356 e. The Balaban J connectivity index is 1.56. The molecule has 5 nitrogen and oxygen atoms in total. The Morgan fingerprint density at radius 1 is 0.903 bits per heavy atom. The molecule has 0 fully saturated rings. The number of benzene rings is 3. The molecular weight excluding hydrogens is 397 g/mol. The van der Waals surface area contributed by atoms with E-state index in [1.165, 1.54) is 31.4 Å². The average molecular weight is 415 g/mol. The summed E-state index contributed by atoms with van der Waals surface area (Å²) < 4.78 is 24.1. The number of pyridine rings is 1. The van der Waals surface area contributed by atoms with E-state index < -0.39 is 11.8 Å². The normalized spacial score (nSPS) is 10.6. The summed E-state index contributed by atoms with van der Waals surface area (Å²) in [5.41, 5.74) is 2.91. The highest BCUT2D eigenvalue weighted by molar-refractivity contribution is 5.98. The highest BCUT2D eigenvalue weighted by Crippen LogP contribution is 2.27. The molecule has 0 unspecified atom stereocenters. The largest absolute Gasteiger partial charge is 0.485 e. The Hall–Kier alpha value is -4.06. The van der Waals surface area contributed by atoms with E-state index in [0.717, 1.165) is 11.1 Å². The molecule has 0 spiro atoms. The quantitative estimate of drug-likeness (QED) is 0.324. The van der Waals surface area contributed by atoms with Crippen molar-refractivity contribution in [1.82, 2.24) is 4.98 Å². The van der Waals surface area contributed by atoms with Gasteiger partial charge in [0.15, 0.2) is 18.1 Å². The Kier molecular flexibility index (Phi) is 5.71. The number of carbonyl (C=O) groups is 2. The number of fused-ring (bicyclic) bond motifs is 1. The number of carbonyl (C=O) groups excluding carboxylic acids is 2. The molecule has 31 heavy (non-hydrogen) atoms. The molecule has 0 saturated carbocycles. The fraction of sp³-hybridized carbons (Fsp3) is 0.0800. The Bertz CT molecular complexity index is 1250. The van der Waals surface area contributed by atoms with Gasteiger partial charge >= 0.3 is 5.97 Å². The van der Waals surface area contributed by atoms with E-state index in [1.807, 2.05) is 42.5 Å². The summed E-state index contributed by atoms with van der Waals surface area (Å²) in [5.74, 6) is -1.20. The SMILES string of the molecule is COC(=O)c1cc(OCC(=O)c2ccc(-c3ccccc3)cc2)c2cc(F)ccc2n1. The van der Waals surface area contributed by atoms with Crippen LogP contribution in [0.2, 0.25) is 0 Å². The van der Waals surface area contributed by atoms with Gasteiger partial charge in [-0.15, -0.1) is 0 Å². The third kappa shape index (κ3) is 4.43. The van der Waals surface area contributed by atoms with Gasteiger partial charge in [0.25, 0.3) is 0 Å². The average Bonchev–Trinajstić information content (AvgIpc) is 2.82. The standard InChI is InChI=1S/C25H18FNO4/c1-30-25(29)22-14-24(20-13-19(26)11-12-21(20)27-22)31-15-23(28)18-9-7-17(8-10-18)16-5-3-2-4-6-16/h2-14H,15H2,1H3. The van der Waals surface area contributed by atoms with E-state index in [0.29, 0.717) is 16.5 Å². The van der Waals surface area contributed by atoms with Crippen molar-refractivity contribution in [2.24, 2.45) is 0 Å². The van der Waals surface area contributed by atoms with Gasteiger partial charge in [-0.3, -0.25) is 4.79 Å². The van der Waals surface area contributed by atoms with Gasteiger partial charge in [0.1, 0.15) is 11.6 Å². The van der Waals surface area contributed by atoms with Crippen molar-refractivity contribution < 1.29 is 23.5 Å². The van der Waals surface area contributed by atoms with Crippen LogP contribution in [-0.4, -0.2) is 30.5 Å². The van der Waals surface area contributed by atoms with E-state index in [1.54, 1.807) is 12.1 Å². The molecule has 0 atom stereocenters. The molecule has 0 bridgehead atoms. The third-order valence-corrected chi connectivity index (χ3v) is 4.80. The Morgan fingerprint density at radius 2 is 1.61 bits per heavy atom. The van der Waals surface area contributed by atoms with E-state index in [-0.39, 0.29) is 23.8 Å². The molecule has 4 aromatic rings. The predicted octanol–water partition coefficient (Wildman–Crippen LogP) is 5.09. The van der Waals surface area contributed by atoms with E-state index >= 15 is 0 Å². The van der Waals surface area contributed by atoms with E-state index in [2.05, 4.69) is 4.98 Å². The molecule has 0 radical (unpaired) electrons. The maximum atomic E-state index is 13.7. The minimum Gasteiger partial charge on any atom is -0.485 e. The molecule has 0 aliphatic heterocycles. The van der Waals surface area contributed by atoms with Crippen molar-refractivity contribution in [3.63, 3.8) is 0 Å². The maximum absolute atomic E-state index is 13.7. The number of rotatable bonds is 6. The molecule has 0 N–H and O–H groups in total. The lowest BCUT2D eigenvalue weighted by atomic mass is 10.0. The van der Waals surface area contributed by atoms with Gasteiger partial charge in [-0.2, -0.15) is 0 Å². The van der Waals surface area contributed by atoms with Crippen LogP contribution in [0.25, 0.3) is 22.0 Å². The first-order valence-corrected chi connectivity index (χ1v) is 9.55. The van der Waals surface area contributed by atoms with Crippen LogP contribution < -0.4 is 4.74 Å². The van der Waals surface area contributed by atoms with Gasteiger partial charge in [0.05, 0.1) is 12.6 Å². The lowest BCUT2D eigenvalue weighted by Gasteiger charge is -2.11. The second-order valence-corrected chi connectivity index (χ2v) is 6.81. The number of halogens is 1. The van der Waals surface area contributed by atoms with Crippen LogP contribution in [0, 0.1) is 5.82 Å². The van der Waals surface area contributed by atoms with Gasteiger partial charge in [-0.05, 0) is 29.3 Å². The lowest BCUT2D eigenvalue weighted by molar-refractivity contribution is 0.0594. The van der Waals surface area contributed by atoms with Crippen molar-refractivity contribution in [3.05, 3.63) is 95.9 Å². The summed E-state index contributed by atoms with van der Waals surface area (Å²) in [6.07, 6.45) is 0. The third-order valence-electron chi connectivity index (χ3n) is 4.80. The second kappa shape index (κ2) is 8.75. The zero-order valence-electron chi connectivity index (χ0n) is 16.7.